The van der Waals surface area contributed by atoms with Crippen LogP contribution >= 0.6 is 0 Å². The smallest absolute Gasteiger partial charge is 0.335 e. The molecule has 0 aliphatic rings. The Balaban J connectivity index is 1.34. The first-order valence-electron chi connectivity index (χ1n) is 12.0. The first-order chi connectivity index (χ1) is 16.8. The van der Waals surface area contributed by atoms with E-state index in [2.05, 4.69) is 17.4 Å². The molecule has 0 unspecified atom stereocenters. The van der Waals surface area contributed by atoms with Crippen LogP contribution in [0.4, 0.5) is 10.1 Å². The van der Waals surface area contributed by atoms with Gasteiger partial charge in [-0.1, -0.05) is 55.7 Å². The highest BCUT2D eigenvalue weighted by Crippen LogP contribution is 2.19. The number of nitrogens with one attached hydrogen (secondary N) is 1. The van der Waals surface area contributed by atoms with Crippen molar-refractivity contribution in [2.24, 2.45) is 0 Å². The van der Waals surface area contributed by atoms with Gasteiger partial charge in [-0.2, -0.15) is 0 Å². The lowest BCUT2D eigenvalue weighted by Crippen LogP contribution is -2.07. The average molecular weight is 498 g/mol. The standard InChI is InChI=1S/C28H32FNO4S/c29-25-10-8-11-26(21-25)35(33,34)20-7-3-1-2-6-19-30-27-12-5-4-9-23(27)16-13-22-14-17-24(18-15-22)28(31)32/h4-5,8-12,14-15,17-18,21,30H,1-3,6-7,13,16,19-20H2,(H,31,32). The summed E-state index contributed by atoms with van der Waals surface area (Å²) >= 11 is 0. The van der Waals surface area contributed by atoms with E-state index < -0.39 is 21.6 Å². The van der Waals surface area contributed by atoms with E-state index in [1.807, 2.05) is 24.3 Å². The molecule has 0 atom stereocenters. The number of aryl methyl sites for hydroxylation is 2. The molecule has 0 heterocycles. The van der Waals surface area contributed by atoms with Crippen molar-refractivity contribution in [3.05, 3.63) is 95.3 Å². The minimum Gasteiger partial charge on any atom is -0.478 e. The lowest BCUT2D eigenvalue weighted by molar-refractivity contribution is 0.0697. The van der Waals surface area contributed by atoms with Gasteiger partial charge in [-0.05, 0) is 73.2 Å². The number of benzene rings is 3. The highest BCUT2D eigenvalue weighted by Gasteiger charge is 2.14. The van der Waals surface area contributed by atoms with Crippen LogP contribution in [0.3, 0.4) is 0 Å². The maximum atomic E-state index is 13.3. The molecule has 0 aliphatic heterocycles. The van der Waals surface area contributed by atoms with E-state index in [0.717, 1.165) is 62.4 Å². The maximum absolute atomic E-state index is 13.3. The molecule has 186 valence electrons. The zero-order valence-electron chi connectivity index (χ0n) is 19.8. The Bertz CT molecular complexity index is 1210. The number of carbonyl (C=O) groups is 1. The molecule has 7 heteroatoms. The Hall–Kier alpha value is -3.19. The van der Waals surface area contributed by atoms with Gasteiger partial charge in [0.1, 0.15) is 5.82 Å². The molecular formula is C28H32FNO4S. The summed E-state index contributed by atoms with van der Waals surface area (Å²) in [4.78, 5) is 11.0. The second kappa shape index (κ2) is 13.0. The second-order valence-electron chi connectivity index (χ2n) is 8.63. The van der Waals surface area contributed by atoms with Gasteiger partial charge in [0.25, 0.3) is 0 Å². The van der Waals surface area contributed by atoms with E-state index in [1.165, 1.54) is 23.8 Å². The molecule has 3 aromatic rings. The zero-order valence-corrected chi connectivity index (χ0v) is 20.6. The topological polar surface area (TPSA) is 83.5 Å². The van der Waals surface area contributed by atoms with Gasteiger partial charge in [-0.3, -0.25) is 0 Å². The lowest BCUT2D eigenvalue weighted by Gasteiger charge is -2.12. The van der Waals surface area contributed by atoms with Gasteiger partial charge in [0, 0.05) is 12.2 Å². The van der Waals surface area contributed by atoms with Crippen LogP contribution in [-0.4, -0.2) is 31.8 Å². The number of carboxylic acids is 1. The van der Waals surface area contributed by atoms with E-state index in [4.69, 9.17) is 5.11 Å². The number of rotatable bonds is 14. The maximum Gasteiger partial charge on any atom is 0.335 e. The van der Waals surface area contributed by atoms with Crippen LogP contribution in [0.25, 0.3) is 0 Å². The predicted octanol–water partition coefficient (Wildman–Crippen LogP) is 6.15. The number of unbranched alkanes of at least 4 members (excludes halogenated alkanes) is 4. The molecule has 0 amide bonds. The van der Waals surface area contributed by atoms with Gasteiger partial charge in [0.2, 0.25) is 0 Å². The Kier molecular flexibility index (Phi) is 9.85. The number of para-hydroxylation sites is 1. The monoisotopic (exact) mass is 497 g/mol. The molecule has 0 aliphatic carbocycles. The van der Waals surface area contributed by atoms with Crippen LogP contribution in [0.5, 0.6) is 0 Å². The molecule has 0 fully saturated rings. The van der Waals surface area contributed by atoms with Gasteiger partial charge in [0.15, 0.2) is 9.84 Å². The molecule has 35 heavy (non-hydrogen) atoms. The van der Waals surface area contributed by atoms with Crippen molar-refractivity contribution >= 4 is 21.5 Å². The fourth-order valence-corrected chi connectivity index (χ4v) is 5.35. The van der Waals surface area contributed by atoms with Crippen LogP contribution in [0.1, 0.15) is 53.6 Å². The van der Waals surface area contributed by atoms with Crippen molar-refractivity contribution < 1.29 is 22.7 Å². The Morgan fingerprint density at radius 3 is 2.29 bits per heavy atom. The fourth-order valence-electron chi connectivity index (χ4n) is 3.95. The molecule has 0 saturated carbocycles. The van der Waals surface area contributed by atoms with Crippen molar-refractivity contribution in [1.29, 1.82) is 0 Å². The second-order valence-corrected chi connectivity index (χ2v) is 10.7. The highest BCUT2D eigenvalue weighted by atomic mass is 32.2. The van der Waals surface area contributed by atoms with Crippen molar-refractivity contribution in [3.63, 3.8) is 0 Å². The largest absolute Gasteiger partial charge is 0.478 e. The van der Waals surface area contributed by atoms with Crippen LogP contribution in [0, 0.1) is 5.82 Å². The number of halogens is 1. The average Bonchev–Trinajstić information content (AvgIpc) is 2.85. The lowest BCUT2D eigenvalue weighted by atomic mass is 10.0. The predicted molar refractivity (Wildman–Crippen MR) is 137 cm³/mol. The number of sulfone groups is 1. The van der Waals surface area contributed by atoms with Gasteiger partial charge in [0.05, 0.1) is 16.2 Å². The molecule has 0 bridgehead atoms. The van der Waals surface area contributed by atoms with Crippen LogP contribution < -0.4 is 5.32 Å². The summed E-state index contributed by atoms with van der Waals surface area (Å²) in [7, 11) is -3.43. The van der Waals surface area contributed by atoms with E-state index in [1.54, 1.807) is 12.1 Å². The summed E-state index contributed by atoms with van der Waals surface area (Å²) in [5, 5.41) is 12.5. The minimum absolute atomic E-state index is 0.0428. The van der Waals surface area contributed by atoms with Gasteiger partial charge in [-0.25, -0.2) is 17.6 Å². The Labute approximate surface area is 206 Å². The first kappa shape index (κ1) is 26.4. The Morgan fingerprint density at radius 1 is 0.829 bits per heavy atom. The quantitative estimate of drug-likeness (QED) is 0.261. The van der Waals surface area contributed by atoms with Crippen molar-refractivity contribution in [3.8, 4) is 0 Å². The summed E-state index contributed by atoms with van der Waals surface area (Å²) in [5.41, 5.74) is 3.72. The van der Waals surface area contributed by atoms with Gasteiger partial charge in [-0.15, -0.1) is 0 Å². The number of carboxylic acid groups (broad SMARTS) is 1. The first-order valence-corrected chi connectivity index (χ1v) is 13.6. The minimum atomic E-state index is -3.43. The Morgan fingerprint density at radius 2 is 1.54 bits per heavy atom. The van der Waals surface area contributed by atoms with Crippen LogP contribution in [-0.2, 0) is 22.7 Å². The molecular weight excluding hydrogens is 465 g/mol. The van der Waals surface area contributed by atoms with E-state index in [0.29, 0.717) is 12.0 Å². The fraction of sp³-hybridized carbons (Fsp3) is 0.321. The SMILES string of the molecule is O=C(O)c1ccc(CCc2ccccc2NCCCCCCCS(=O)(=O)c2cccc(F)c2)cc1. The van der Waals surface area contributed by atoms with E-state index in [-0.39, 0.29) is 10.6 Å². The van der Waals surface area contributed by atoms with E-state index in [9.17, 15) is 17.6 Å². The molecule has 0 saturated heterocycles. The van der Waals surface area contributed by atoms with Crippen molar-refractivity contribution in [2.75, 3.05) is 17.6 Å². The van der Waals surface area contributed by atoms with Crippen molar-refractivity contribution in [1.82, 2.24) is 0 Å². The summed E-state index contributed by atoms with van der Waals surface area (Å²) in [6, 6.07) is 20.4. The zero-order chi connectivity index (χ0) is 25.1. The summed E-state index contributed by atoms with van der Waals surface area (Å²) < 4.78 is 37.9. The molecule has 0 aromatic heterocycles. The molecule has 3 aromatic carbocycles. The van der Waals surface area contributed by atoms with Crippen LogP contribution in [0.15, 0.2) is 77.7 Å². The van der Waals surface area contributed by atoms with Gasteiger partial charge >= 0.3 is 5.97 Å². The van der Waals surface area contributed by atoms with Crippen LogP contribution in [0.2, 0.25) is 0 Å². The van der Waals surface area contributed by atoms with Crippen molar-refractivity contribution in [2.45, 2.75) is 49.8 Å². The third-order valence-corrected chi connectivity index (χ3v) is 7.76. The number of hydrogen-bond acceptors (Lipinski definition) is 4. The molecule has 2 N–H and O–H groups in total. The molecule has 3 rings (SSSR count). The summed E-state index contributed by atoms with van der Waals surface area (Å²) in [5.74, 6) is -1.41. The third kappa shape index (κ3) is 8.51. The summed E-state index contributed by atoms with van der Waals surface area (Å²) in [6.45, 7) is 0.839. The summed E-state index contributed by atoms with van der Waals surface area (Å²) in [6.07, 6.45) is 6.03. The highest BCUT2D eigenvalue weighted by molar-refractivity contribution is 7.91. The van der Waals surface area contributed by atoms with Gasteiger partial charge < -0.3 is 10.4 Å². The molecule has 0 radical (unpaired) electrons. The number of anilines is 1. The number of aromatic carboxylic acids is 1. The number of hydrogen-bond donors (Lipinski definition) is 2. The third-order valence-electron chi connectivity index (χ3n) is 5.96. The normalized spacial score (nSPS) is 11.3. The molecule has 0 spiro atoms. The molecule has 5 nitrogen and oxygen atoms in total. The van der Waals surface area contributed by atoms with E-state index >= 15 is 0 Å².